The molecule has 0 aliphatic heterocycles. The van der Waals surface area contributed by atoms with Gasteiger partial charge in [-0.2, -0.15) is 11.8 Å². The molecule has 2 N–H and O–H groups in total. The standard InChI is InChI=1S/C17H22ClN3OS/c1-23-12-10-20-17(19-9-8-15-6-4-11-22-15)21-13-14-5-2-3-7-16(14)18/h2-7,11H,8-10,12-13H2,1H3,(H2,19,20,21). The monoisotopic (exact) mass is 351 g/mol. The van der Waals surface area contributed by atoms with E-state index in [-0.39, 0.29) is 0 Å². The average Bonchev–Trinajstić information content (AvgIpc) is 3.07. The summed E-state index contributed by atoms with van der Waals surface area (Å²) in [6, 6.07) is 11.7. The molecule has 4 nitrogen and oxygen atoms in total. The van der Waals surface area contributed by atoms with E-state index in [0.29, 0.717) is 6.54 Å². The predicted octanol–water partition coefficient (Wildman–Crippen LogP) is 3.57. The van der Waals surface area contributed by atoms with Crippen LogP contribution in [0.3, 0.4) is 0 Å². The second-order valence-electron chi connectivity index (χ2n) is 4.93. The maximum absolute atomic E-state index is 6.18. The van der Waals surface area contributed by atoms with Crippen LogP contribution in [-0.2, 0) is 13.0 Å². The van der Waals surface area contributed by atoms with Gasteiger partial charge in [0.15, 0.2) is 5.96 Å². The molecule has 0 atom stereocenters. The first kappa shape index (κ1) is 17.8. The van der Waals surface area contributed by atoms with Crippen molar-refractivity contribution in [1.82, 2.24) is 10.6 Å². The third-order valence-electron chi connectivity index (χ3n) is 3.21. The molecule has 0 fully saturated rings. The summed E-state index contributed by atoms with van der Waals surface area (Å²) in [5, 5.41) is 7.41. The quantitative estimate of drug-likeness (QED) is 0.433. The number of furan rings is 1. The number of aliphatic imine (C=N–C) groups is 1. The van der Waals surface area contributed by atoms with E-state index in [0.717, 1.165) is 47.6 Å². The van der Waals surface area contributed by atoms with Gasteiger partial charge < -0.3 is 15.1 Å². The fourth-order valence-electron chi connectivity index (χ4n) is 2.00. The Kier molecular flexibility index (Phi) is 7.90. The van der Waals surface area contributed by atoms with Crippen molar-refractivity contribution in [3.63, 3.8) is 0 Å². The summed E-state index contributed by atoms with van der Waals surface area (Å²) in [4.78, 5) is 4.62. The van der Waals surface area contributed by atoms with Crippen LogP contribution >= 0.6 is 23.4 Å². The zero-order valence-electron chi connectivity index (χ0n) is 13.2. The fourth-order valence-corrected chi connectivity index (χ4v) is 2.50. The first-order valence-corrected chi connectivity index (χ1v) is 9.33. The number of halogens is 1. The van der Waals surface area contributed by atoms with E-state index >= 15 is 0 Å². The number of guanidine groups is 1. The number of rotatable bonds is 8. The molecule has 124 valence electrons. The van der Waals surface area contributed by atoms with Crippen molar-refractivity contribution < 1.29 is 4.42 Å². The van der Waals surface area contributed by atoms with Crippen molar-refractivity contribution in [3.8, 4) is 0 Å². The second kappa shape index (κ2) is 10.2. The summed E-state index contributed by atoms with van der Waals surface area (Å²) in [5.74, 6) is 2.79. The van der Waals surface area contributed by atoms with Crippen LogP contribution < -0.4 is 10.6 Å². The van der Waals surface area contributed by atoms with Gasteiger partial charge in [-0.25, -0.2) is 4.99 Å². The lowest BCUT2D eigenvalue weighted by Crippen LogP contribution is -2.39. The molecule has 0 amide bonds. The van der Waals surface area contributed by atoms with E-state index in [9.17, 15) is 0 Å². The van der Waals surface area contributed by atoms with Gasteiger partial charge in [-0.1, -0.05) is 29.8 Å². The molecule has 0 saturated carbocycles. The van der Waals surface area contributed by atoms with Crippen molar-refractivity contribution in [3.05, 3.63) is 59.0 Å². The van der Waals surface area contributed by atoms with Gasteiger partial charge >= 0.3 is 0 Å². The zero-order chi connectivity index (χ0) is 16.3. The fraction of sp³-hybridized carbons (Fsp3) is 0.353. The topological polar surface area (TPSA) is 49.6 Å². The second-order valence-corrected chi connectivity index (χ2v) is 6.32. The summed E-state index contributed by atoms with van der Waals surface area (Å²) in [5.41, 5.74) is 1.02. The first-order valence-electron chi connectivity index (χ1n) is 7.56. The summed E-state index contributed by atoms with van der Waals surface area (Å²) < 4.78 is 5.34. The highest BCUT2D eigenvalue weighted by Crippen LogP contribution is 2.15. The van der Waals surface area contributed by atoms with Gasteiger partial charge in [-0.05, 0) is 30.0 Å². The third kappa shape index (κ3) is 6.59. The molecule has 0 aliphatic rings. The van der Waals surface area contributed by atoms with E-state index < -0.39 is 0 Å². The van der Waals surface area contributed by atoms with Crippen molar-refractivity contribution in [2.24, 2.45) is 4.99 Å². The van der Waals surface area contributed by atoms with Crippen molar-refractivity contribution in [2.75, 3.05) is 25.1 Å². The van der Waals surface area contributed by atoms with Crippen LogP contribution in [0.4, 0.5) is 0 Å². The Balaban J connectivity index is 1.89. The lowest BCUT2D eigenvalue weighted by Gasteiger charge is -2.12. The SMILES string of the molecule is CSCCNC(=NCc1ccccc1Cl)NCCc1ccco1. The molecule has 6 heteroatoms. The highest BCUT2D eigenvalue weighted by atomic mass is 35.5. The van der Waals surface area contributed by atoms with E-state index in [4.69, 9.17) is 16.0 Å². The molecule has 1 heterocycles. The molecule has 2 rings (SSSR count). The number of nitrogens with zero attached hydrogens (tertiary/aromatic N) is 1. The number of hydrogen-bond donors (Lipinski definition) is 2. The van der Waals surface area contributed by atoms with E-state index in [1.165, 1.54) is 0 Å². The predicted molar refractivity (Wildman–Crippen MR) is 99.4 cm³/mol. The van der Waals surface area contributed by atoms with Gasteiger partial charge in [0.05, 0.1) is 12.8 Å². The van der Waals surface area contributed by atoms with Crippen molar-refractivity contribution in [1.29, 1.82) is 0 Å². The third-order valence-corrected chi connectivity index (χ3v) is 4.19. The van der Waals surface area contributed by atoms with Crippen LogP contribution in [0, 0.1) is 0 Å². The van der Waals surface area contributed by atoms with E-state index in [1.807, 2.05) is 36.4 Å². The van der Waals surface area contributed by atoms with Crippen LogP contribution in [-0.4, -0.2) is 31.1 Å². The maximum atomic E-state index is 6.18. The van der Waals surface area contributed by atoms with Gasteiger partial charge in [0.2, 0.25) is 0 Å². The average molecular weight is 352 g/mol. The number of benzene rings is 1. The Labute approximate surface area is 146 Å². The van der Waals surface area contributed by atoms with Gasteiger partial charge in [-0.3, -0.25) is 0 Å². The molecule has 0 unspecified atom stereocenters. The molecule has 23 heavy (non-hydrogen) atoms. The van der Waals surface area contributed by atoms with E-state index in [2.05, 4.69) is 21.9 Å². The normalized spacial score (nSPS) is 11.5. The van der Waals surface area contributed by atoms with Crippen molar-refractivity contribution >= 4 is 29.3 Å². The highest BCUT2D eigenvalue weighted by Gasteiger charge is 2.02. The number of thioether (sulfide) groups is 1. The van der Waals surface area contributed by atoms with Crippen LogP contribution in [0.25, 0.3) is 0 Å². The summed E-state index contributed by atoms with van der Waals surface area (Å²) in [7, 11) is 0. The van der Waals surface area contributed by atoms with Gasteiger partial charge in [-0.15, -0.1) is 0 Å². The maximum Gasteiger partial charge on any atom is 0.191 e. The summed E-state index contributed by atoms with van der Waals surface area (Å²) in [6.45, 7) is 2.19. The van der Waals surface area contributed by atoms with Crippen LogP contribution in [0.15, 0.2) is 52.1 Å². The molecular formula is C17H22ClN3OS. The van der Waals surface area contributed by atoms with Gasteiger partial charge in [0.1, 0.15) is 5.76 Å². The van der Waals surface area contributed by atoms with Gasteiger partial charge in [0.25, 0.3) is 0 Å². The molecule has 0 spiro atoms. The minimum absolute atomic E-state index is 0.551. The molecule has 1 aromatic carbocycles. The molecule has 0 saturated heterocycles. The molecule has 1 aromatic heterocycles. The Morgan fingerprint density at radius 2 is 2.00 bits per heavy atom. The summed E-state index contributed by atoms with van der Waals surface area (Å²) in [6.07, 6.45) is 4.60. The highest BCUT2D eigenvalue weighted by molar-refractivity contribution is 7.98. The van der Waals surface area contributed by atoms with Crippen molar-refractivity contribution in [2.45, 2.75) is 13.0 Å². The molecule has 0 radical (unpaired) electrons. The lowest BCUT2D eigenvalue weighted by atomic mass is 10.2. The largest absolute Gasteiger partial charge is 0.469 e. The first-order chi connectivity index (χ1) is 11.3. The Morgan fingerprint density at radius 1 is 1.17 bits per heavy atom. The molecule has 0 bridgehead atoms. The number of hydrogen-bond acceptors (Lipinski definition) is 3. The minimum Gasteiger partial charge on any atom is -0.469 e. The van der Waals surface area contributed by atoms with Crippen LogP contribution in [0.5, 0.6) is 0 Å². The molecule has 2 aromatic rings. The number of nitrogens with one attached hydrogen (secondary N) is 2. The van der Waals surface area contributed by atoms with Crippen LogP contribution in [0.1, 0.15) is 11.3 Å². The van der Waals surface area contributed by atoms with Crippen LogP contribution in [0.2, 0.25) is 5.02 Å². The zero-order valence-corrected chi connectivity index (χ0v) is 14.8. The lowest BCUT2D eigenvalue weighted by molar-refractivity contribution is 0.507. The molecule has 0 aliphatic carbocycles. The summed E-state index contributed by atoms with van der Waals surface area (Å²) >= 11 is 7.98. The Bertz CT molecular complexity index is 602. The Morgan fingerprint density at radius 3 is 2.74 bits per heavy atom. The minimum atomic E-state index is 0.551. The van der Waals surface area contributed by atoms with E-state index in [1.54, 1.807) is 18.0 Å². The molecular weight excluding hydrogens is 330 g/mol. The Hall–Kier alpha value is -1.59. The smallest absolute Gasteiger partial charge is 0.191 e. The van der Waals surface area contributed by atoms with Gasteiger partial charge in [0, 0.05) is 30.3 Å².